The highest BCUT2D eigenvalue weighted by atomic mass is 19.4. The molecule has 2 amide bonds. The molecule has 272 valence electrons. The molecule has 2 saturated heterocycles. The zero-order valence-corrected chi connectivity index (χ0v) is 29.1. The maximum atomic E-state index is 13.7. The summed E-state index contributed by atoms with van der Waals surface area (Å²) in [6.45, 7) is 5.33. The summed E-state index contributed by atoms with van der Waals surface area (Å²) in [6.07, 6.45) is 2.10. The molecule has 1 unspecified atom stereocenters. The molecule has 4 aromatic rings. The lowest BCUT2D eigenvalue weighted by atomic mass is 10.0. The van der Waals surface area contributed by atoms with Gasteiger partial charge in [0.2, 0.25) is 0 Å². The Labute approximate surface area is 301 Å². The average molecular weight is 713 g/mol. The van der Waals surface area contributed by atoms with Crippen LogP contribution in [-0.4, -0.2) is 53.8 Å². The van der Waals surface area contributed by atoms with E-state index in [0.717, 1.165) is 68.7 Å². The Morgan fingerprint density at radius 1 is 0.846 bits per heavy atom. The molecule has 3 heterocycles. The predicted molar refractivity (Wildman–Crippen MR) is 195 cm³/mol. The number of ketones is 1. The Morgan fingerprint density at radius 3 is 2.40 bits per heavy atom. The number of hydrogen-bond acceptors (Lipinski definition) is 7. The quantitative estimate of drug-likeness (QED) is 0.159. The highest BCUT2D eigenvalue weighted by Crippen LogP contribution is 2.34. The number of halogens is 3. The van der Waals surface area contributed by atoms with Gasteiger partial charge in [0.1, 0.15) is 5.78 Å². The number of hydrogen-bond donors (Lipinski definition) is 3. The van der Waals surface area contributed by atoms with Crippen LogP contribution in [0.3, 0.4) is 0 Å². The summed E-state index contributed by atoms with van der Waals surface area (Å²) < 4.78 is 39.6. The Bertz CT molecular complexity index is 1910. The summed E-state index contributed by atoms with van der Waals surface area (Å²) in [5.41, 5.74) is 7.23. The number of hydrazine groups is 1. The molecule has 0 aliphatic carbocycles. The van der Waals surface area contributed by atoms with E-state index in [-0.39, 0.29) is 29.7 Å². The number of pyridine rings is 1. The first-order valence-corrected chi connectivity index (χ1v) is 17.7. The molecule has 0 saturated carbocycles. The number of carbonyl (C=O) groups is 3. The van der Waals surface area contributed by atoms with Crippen molar-refractivity contribution >= 4 is 29.0 Å². The largest absolute Gasteiger partial charge is 0.416 e. The van der Waals surface area contributed by atoms with E-state index in [2.05, 4.69) is 31.0 Å². The molecule has 3 aromatic carbocycles. The fourth-order valence-electron chi connectivity index (χ4n) is 6.72. The van der Waals surface area contributed by atoms with Gasteiger partial charge in [-0.1, -0.05) is 24.3 Å². The molecule has 2 aliphatic heterocycles. The van der Waals surface area contributed by atoms with Gasteiger partial charge in [-0.3, -0.25) is 24.8 Å². The molecule has 0 radical (unpaired) electrons. The van der Waals surface area contributed by atoms with Crippen molar-refractivity contribution in [1.29, 1.82) is 0 Å². The standard InChI is InChI=1S/C40H43F3N6O3/c1-27(50)32-11-7-19-49(46-25-32)26-29-9-5-10-30(20-29)39(52)47-36-14-13-34(48-17-3-2-4-18-48)23-35(36)37-22-31(15-16-44-37)38(51)45-24-28-8-6-12-33(21-28)40(41,42)43/h5-6,8-10,12-16,20-23,32,46H,2-4,7,11,17-19,24-26H2,1H3,(H,45,51)(H,47,52). The van der Waals surface area contributed by atoms with E-state index in [9.17, 15) is 27.6 Å². The van der Waals surface area contributed by atoms with E-state index in [1.807, 2.05) is 36.4 Å². The van der Waals surface area contributed by atoms with Gasteiger partial charge in [-0.25, -0.2) is 5.01 Å². The molecule has 2 aliphatic rings. The summed E-state index contributed by atoms with van der Waals surface area (Å²) >= 11 is 0. The van der Waals surface area contributed by atoms with Crippen LogP contribution in [-0.2, 0) is 24.1 Å². The third kappa shape index (κ3) is 9.42. The van der Waals surface area contributed by atoms with E-state index in [4.69, 9.17) is 0 Å². The fraction of sp³-hybridized carbons (Fsp3) is 0.350. The molecule has 1 aromatic heterocycles. The SMILES string of the molecule is CC(=O)C1CCCN(Cc2cccc(C(=O)Nc3ccc(N4CCCCC4)cc3-c3cc(C(=O)NCc4cccc(C(F)(F)F)c4)ccn3)c2)NC1. The van der Waals surface area contributed by atoms with Crippen LogP contribution in [0.2, 0.25) is 0 Å². The van der Waals surface area contributed by atoms with Gasteiger partial charge in [-0.2, -0.15) is 13.2 Å². The topological polar surface area (TPSA) is 107 Å². The number of rotatable bonds is 10. The van der Waals surface area contributed by atoms with Crippen molar-refractivity contribution in [1.82, 2.24) is 20.7 Å². The van der Waals surface area contributed by atoms with E-state index < -0.39 is 17.6 Å². The van der Waals surface area contributed by atoms with Gasteiger partial charge in [0.25, 0.3) is 11.8 Å². The number of alkyl halides is 3. The van der Waals surface area contributed by atoms with Crippen LogP contribution in [0.5, 0.6) is 0 Å². The molecule has 2 fully saturated rings. The van der Waals surface area contributed by atoms with Crippen molar-refractivity contribution in [3.63, 3.8) is 0 Å². The number of carbonyl (C=O) groups excluding carboxylic acids is 3. The lowest BCUT2D eigenvalue weighted by Crippen LogP contribution is -2.39. The van der Waals surface area contributed by atoms with Crippen LogP contribution in [0, 0.1) is 5.92 Å². The number of piperidine rings is 1. The van der Waals surface area contributed by atoms with Crippen LogP contribution in [0.1, 0.15) is 76.4 Å². The maximum Gasteiger partial charge on any atom is 0.416 e. The summed E-state index contributed by atoms with van der Waals surface area (Å²) in [6, 6.07) is 21.3. The molecule has 6 rings (SSSR count). The summed E-state index contributed by atoms with van der Waals surface area (Å²) in [4.78, 5) is 45.7. The predicted octanol–water partition coefficient (Wildman–Crippen LogP) is 7.25. The van der Waals surface area contributed by atoms with Gasteiger partial charge in [-0.15, -0.1) is 0 Å². The van der Waals surface area contributed by atoms with Crippen LogP contribution in [0.4, 0.5) is 24.5 Å². The lowest BCUT2D eigenvalue weighted by Gasteiger charge is -2.29. The zero-order valence-electron chi connectivity index (χ0n) is 29.1. The highest BCUT2D eigenvalue weighted by molar-refractivity contribution is 6.06. The first-order chi connectivity index (χ1) is 25.0. The molecular weight excluding hydrogens is 669 g/mol. The summed E-state index contributed by atoms with van der Waals surface area (Å²) in [7, 11) is 0. The van der Waals surface area contributed by atoms with Gasteiger partial charge < -0.3 is 15.5 Å². The van der Waals surface area contributed by atoms with Crippen molar-refractivity contribution < 1.29 is 27.6 Å². The molecule has 3 N–H and O–H groups in total. The van der Waals surface area contributed by atoms with E-state index in [1.165, 1.54) is 24.8 Å². The molecule has 12 heteroatoms. The molecule has 0 spiro atoms. The normalized spacial score (nSPS) is 16.9. The number of amides is 2. The van der Waals surface area contributed by atoms with Crippen molar-refractivity contribution in [2.45, 2.75) is 58.3 Å². The van der Waals surface area contributed by atoms with Crippen LogP contribution >= 0.6 is 0 Å². The average Bonchev–Trinajstić information content (AvgIpc) is 3.40. The Kier molecular flexibility index (Phi) is 11.7. The minimum Gasteiger partial charge on any atom is -0.372 e. The lowest BCUT2D eigenvalue weighted by molar-refractivity contribution is -0.137. The number of benzene rings is 3. The number of nitrogens with zero attached hydrogens (tertiary/aromatic N) is 3. The van der Waals surface area contributed by atoms with Crippen molar-refractivity contribution in [3.05, 3.63) is 113 Å². The number of Topliss-reactive ketones (excluding diaryl/α,β-unsaturated/α-hetero) is 1. The van der Waals surface area contributed by atoms with Crippen LogP contribution in [0.15, 0.2) is 85.1 Å². The van der Waals surface area contributed by atoms with E-state index in [1.54, 1.807) is 25.1 Å². The molecule has 0 bridgehead atoms. The van der Waals surface area contributed by atoms with Gasteiger partial charge in [0, 0.05) is 73.8 Å². The Hall–Kier alpha value is -5.07. The Morgan fingerprint density at radius 2 is 1.62 bits per heavy atom. The second kappa shape index (κ2) is 16.5. The molecule has 9 nitrogen and oxygen atoms in total. The van der Waals surface area contributed by atoms with Crippen molar-refractivity contribution in [2.24, 2.45) is 5.92 Å². The minimum atomic E-state index is -4.48. The first-order valence-electron chi connectivity index (χ1n) is 17.7. The number of anilines is 2. The van der Waals surface area contributed by atoms with Crippen molar-refractivity contribution in [2.75, 3.05) is 36.4 Å². The summed E-state index contributed by atoms with van der Waals surface area (Å²) in [5.74, 6) is -0.571. The van der Waals surface area contributed by atoms with Gasteiger partial charge in [-0.05, 0) is 105 Å². The second-order valence-corrected chi connectivity index (χ2v) is 13.5. The maximum absolute atomic E-state index is 13.7. The summed E-state index contributed by atoms with van der Waals surface area (Å²) in [5, 5.41) is 7.87. The van der Waals surface area contributed by atoms with Crippen LogP contribution in [0.25, 0.3) is 11.3 Å². The van der Waals surface area contributed by atoms with Gasteiger partial charge in [0.05, 0.1) is 16.9 Å². The van der Waals surface area contributed by atoms with Crippen LogP contribution < -0.4 is 21.0 Å². The highest BCUT2D eigenvalue weighted by Gasteiger charge is 2.30. The second-order valence-electron chi connectivity index (χ2n) is 13.5. The third-order valence-corrected chi connectivity index (χ3v) is 9.66. The van der Waals surface area contributed by atoms with Gasteiger partial charge in [0.15, 0.2) is 0 Å². The molecule has 1 atom stereocenters. The van der Waals surface area contributed by atoms with Crippen molar-refractivity contribution in [3.8, 4) is 11.3 Å². The Balaban J connectivity index is 1.21. The molecular formula is C40H43F3N6O3. The fourth-order valence-corrected chi connectivity index (χ4v) is 6.72. The monoisotopic (exact) mass is 712 g/mol. The zero-order chi connectivity index (χ0) is 36.7. The number of aromatic nitrogens is 1. The van der Waals surface area contributed by atoms with Gasteiger partial charge >= 0.3 is 6.18 Å². The minimum absolute atomic E-state index is 0.00614. The third-order valence-electron chi connectivity index (χ3n) is 9.66. The van der Waals surface area contributed by atoms with E-state index >= 15 is 0 Å². The smallest absolute Gasteiger partial charge is 0.372 e. The van der Waals surface area contributed by atoms with E-state index in [0.29, 0.717) is 41.2 Å². The first kappa shape index (κ1) is 36.7. The number of nitrogens with one attached hydrogen (secondary N) is 3. The molecule has 52 heavy (non-hydrogen) atoms.